The van der Waals surface area contributed by atoms with Crippen LogP contribution in [0.1, 0.15) is 19.8 Å². The lowest BCUT2D eigenvalue weighted by atomic mass is 10.2. The van der Waals surface area contributed by atoms with E-state index in [0.717, 1.165) is 0 Å². The van der Waals surface area contributed by atoms with Crippen LogP contribution in [0.15, 0.2) is 18.2 Å². The molecule has 1 aromatic carbocycles. The van der Waals surface area contributed by atoms with E-state index in [-0.39, 0.29) is 5.02 Å². The first-order chi connectivity index (χ1) is 8.93. The van der Waals surface area contributed by atoms with E-state index in [2.05, 4.69) is 10.6 Å². The average molecular weight is 305 g/mol. The lowest BCUT2D eigenvalue weighted by molar-refractivity contribution is -0.139. The minimum Gasteiger partial charge on any atom is -0.480 e. The largest absolute Gasteiger partial charge is 0.480 e. The van der Waals surface area contributed by atoms with Crippen molar-refractivity contribution in [2.24, 2.45) is 0 Å². The molecule has 19 heavy (non-hydrogen) atoms. The smallest absolute Gasteiger partial charge is 0.326 e. The number of aliphatic carboxylic acids is 1. The molecule has 3 N–H and O–H groups in total. The van der Waals surface area contributed by atoms with Crippen molar-refractivity contribution in [2.75, 3.05) is 5.32 Å². The molecule has 0 aliphatic heterocycles. The Hall–Kier alpha value is -1.46. The van der Waals surface area contributed by atoms with Crippen molar-refractivity contribution in [3.8, 4) is 0 Å². The quantitative estimate of drug-likeness (QED) is 0.780. The molecule has 0 heterocycles. The fourth-order valence-corrected chi connectivity index (χ4v) is 1.91. The number of anilines is 1. The van der Waals surface area contributed by atoms with E-state index in [1.54, 1.807) is 12.1 Å². The number of hydrogen-bond acceptors (Lipinski definition) is 2. The molecule has 0 saturated carbocycles. The topological polar surface area (TPSA) is 78.4 Å². The molecule has 0 unspecified atom stereocenters. The van der Waals surface area contributed by atoms with E-state index < -0.39 is 18.0 Å². The third kappa shape index (κ3) is 4.96. The number of nitrogens with one attached hydrogen (secondary N) is 2. The zero-order valence-electron chi connectivity index (χ0n) is 10.2. The second-order valence-corrected chi connectivity index (χ2v) is 4.75. The van der Waals surface area contributed by atoms with Crippen molar-refractivity contribution < 1.29 is 14.7 Å². The summed E-state index contributed by atoms with van der Waals surface area (Å²) in [6, 6.07) is 3.06. The maximum Gasteiger partial charge on any atom is 0.326 e. The summed E-state index contributed by atoms with van der Waals surface area (Å²) in [6.45, 7) is 1.84. The van der Waals surface area contributed by atoms with Gasteiger partial charge in [-0.25, -0.2) is 9.59 Å². The Morgan fingerprint density at radius 2 is 2.05 bits per heavy atom. The minimum atomic E-state index is -1.07. The van der Waals surface area contributed by atoms with Crippen molar-refractivity contribution in [1.82, 2.24) is 5.32 Å². The van der Waals surface area contributed by atoms with Gasteiger partial charge in [0.15, 0.2) is 0 Å². The Balaban J connectivity index is 2.66. The van der Waals surface area contributed by atoms with Crippen LogP contribution in [-0.2, 0) is 4.79 Å². The third-order valence-corrected chi connectivity index (χ3v) is 2.91. The Labute approximate surface area is 120 Å². The van der Waals surface area contributed by atoms with Crippen LogP contribution in [0.4, 0.5) is 10.5 Å². The molecule has 0 fully saturated rings. The number of rotatable bonds is 5. The Kier molecular flexibility index (Phi) is 5.92. The highest BCUT2D eigenvalue weighted by Gasteiger charge is 2.19. The van der Waals surface area contributed by atoms with E-state index >= 15 is 0 Å². The number of hydrogen-bond donors (Lipinski definition) is 3. The van der Waals surface area contributed by atoms with E-state index in [9.17, 15) is 9.59 Å². The number of urea groups is 1. The van der Waals surface area contributed by atoms with Crippen LogP contribution in [0.5, 0.6) is 0 Å². The predicted octanol–water partition coefficient (Wildman–Crippen LogP) is 3.37. The maximum absolute atomic E-state index is 11.7. The highest BCUT2D eigenvalue weighted by Crippen LogP contribution is 2.25. The van der Waals surface area contributed by atoms with Gasteiger partial charge in [0.2, 0.25) is 0 Å². The van der Waals surface area contributed by atoms with Gasteiger partial charge in [-0.05, 0) is 24.6 Å². The summed E-state index contributed by atoms with van der Waals surface area (Å²) >= 11 is 11.6. The average Bonchev–Trinajstić information content (AvgIpc) is 2.32. The van der Waals surface area contributed by atoms with Gasteiger partial charge in [0, 0.05) is 5.02 Å². The number of amides is 2. The van der Waals surface area contributed by atoms with Gasteiger partial charge in [-0.1, -0.05) is 36.5 Å². The van der Waals surface area contributed by atoms with Crippen molar-refractivity contribution in [2.45, 2.75) is 25.8 Å². The zero-order valence-corrected chi connectivity index (χ0v) is 11.8. The van der Waals surface area contributed by atoms with Gasteiger partial charge in [0.25, 0.3) is 0 Å². The van der Waals surface area contributed by atoms with Gasteiger partial charge < -0.3 is 15.7 Å². The summed E-state index contributed by atoms with van der Waals surface area (Å²) in [6.07, 6.45) is 1.01. The van der Waals surface area contributed by atoms with Crippen molar-refractivity contribution >= 4 is 40.9 Å². The molecule has 0 aliphatic rings. The van der Waals surface area contributed by atoms with Crippen LogP contribution < -0.4 is 10.6 Å². The van der Waals surface area contributed by atoms with Crippen LogP contribution in [0.25, 0.3) is 0 Å². The van der Waals surface area contributed by atoms with Crippen molar-refractivity contribution in [1.29, 1.82) is 0 Å². The number of carboxylic acid groups (broad SMARTS) is 1. The van der Waals surface area contributed by atoms with Crippen LogP contribution in [0, 0.1) is 0 Å². The molecule has 0 radical (unpaired) electrons. The summed E-state index contributed by atoms with van der Waals surface area (Å²) < 4.78 is 0. The summed E-state index contributed by atoms with van der Waals surface area (Å²) in [5.41, 5.74) is 0.365. The lowest BCUT2D eigenvalue weighted by Crippen LogP contribution is -2.42. The SMILES string of the molecule is CCC[C@H](NC(=O)Nc1ccc(Cl)cc1Cl)C(=O)O. The number of carbonyl (C=O) groups is 2. The van der Waals surface area contributed by atoms with Gasteiger partial charge in [0.1, 0.15) is 6.04 Å². The molecule has 1 atom stereocenters. The normalized spacial score (nSPS) is 11.7. The first kappa shape index (κ1) is 15.6. The molecule has 7 heteroatoms. The number of benzene rings is 1. The first-order valence-electron chi connectivity index (χ1n) is 5.69. The maximum atomic E-state index is 11.7. The van der Waals surface area contributed by atoms with Crippen LogP contribution >= 0.6 is 23.2 Å². The molecule has 5 nitrogen and oxygen atoms in total. The molecule has 0 bridgehead atoms. The van der Waals surface area contributed by atoms with Crippen molar-refractivity contribution in [3.63, 3.8) is 0 Å². The molecule has 0 aromatic heterocycles. The van der Waals surface area contributed by atoms with Gasteiger partial charge in [-0.2, -0.15) is 0 Å². The third-order valence-electron chi connectivity index (χ3n) is 2.36. The standard InChI is InChI=1S/C12H14Cl2N2O3/c1-2-3-10(11(17)18)16-12(19)15-9-5-4-7(13)6-8(9)14/h4-6,10H,2-3H2,1H3,(H,17,18)(H2,15,16,19)/t10-/m0/s1. The predicted molar refractivity (Wildman–Crippen MR) is 74.9 cm³/mol. The van der Waals surface area contributed by atoms with Crippen LogP contribution in [0.2, 0.25) is 10.0 Å². The summed E-state index contributed by atoms with van der Waals surface area (Å²) in [7, 11) is 0. The second-order valence-electron chi connectivity index (χ2n) is 3.90. The highest BCUT2D eigenvalue weighted by atomic mass is 35.5. The number of carboxylic acids is 1. The number of carbonyl (C=O) groups excluding carboxylic acids is 1. The molecule has 104 valence electrons. The van der Waals surface area contributed by atoms with Gasteiger partial charge in [-0.3, -0.25) is 0 Å². The number of halogens is 2. The molecule has 1 rings (SSSR count). The molecular formula is C12H14Cl2N2O3. The van der Waals surface area contributed by atoms with E-state index in [1.807, 2.05) is 6.92 Å². The van der Waals surface area contributed by atoms with Crippen LogP contribution in [-0.4, -0.2) is 23.1 Å². The fourth-order valence-electron chi connectivity index (χ4n) is 1.45. The highest BCUT2D eigenvalue weighted by molar-refractivity contribution is 6.36. The molecule has 0 aliphatic carbocycles. The second kappa shape index (κ2) is 7.21. The van der Waals surface area contributed by atoms with Crippen LogP contribution in [0.3, 0.4) is 0 Å². The summed E-state index contributed by atoms with van der Waals surface area (Å²) in [4.78, 5) is 22.6. The van der Waals surface area contributed by atoms with E-state index in [1.165, 1.54) is 6.07 Å². The minimum absolute atomic E-state index is 0.282. The lowest BCUT2D eigenvalue weighted by Gasteiger charge is -2.14. The monoisotopic (exact) mass is 304 g/mol. The molecular weight excluding hydrogens is 291 g/mol. The molecule has 2 amide bonds. The van der Waals surface area contributed by atoms with E-state index in [4.69, 9.17) is 28.3 Å². The van der Waals surface area contributed by atoms with Gasteiger partial charge in [-0.15, -0.1) is 0 Å². The van der Waals surface area contributed by atoms with E-state index in [0.29, 0.717) is 23.6 Å². The zero-order chi connectivity index (χ0) is 14.4. The van der Waals surface area contributed by atoms with Crippen molar-refractivity contribution in [3.05, 3.63) is 28.2 Å². The molecule has 0 spiro atoms. The van der Waals surface area contributed by atoms with Gasteiger partial charge >= 0.3 is 12.0 Å². The van der Waals surface area contributed by atoms with Gasteiger partial charge in [0.05, 0.1) is 10.7 Å². The Morgan fingerprint density at radius 1 is 1.37 bits per heavy atom. The molecule has 1 aromatic rings. The summed E-state index contributed by atoms with van der Waals surface area (Å²) in [5, 5.41) is 14.5. The Bertz CT molecular complexity index is 480. The Morgan fingerprint density at radius 3 is 2.58 bits per heavy atom. The first-order valence-corrected chi connectivity index (χ1v) is 6.45. The fraction of sp³-hybridized carbons (Fsp3) is 0.333. The molecule has 0 saturated heterocycles. The summed E-state index contributed by atoms with van der Waals surface area (Å²) in [5.74, 6) is -1.07.